The van der Waals surface area contributed by atoms with Crippen LogP contribution in [0, 0.1) is 5.82 Å². The van der Waals surface area contributed by atoms with E-state index in [1.807, 2.05) is 0 Å². The molecule has 0 bridgehead atoms. The molecule has 1 rings (SSSR count). The van der Waals surface area contributed by atoms with Crippen LogP contribution in [0.5, 0.6) is 0 Å². The van der Waals surface area contributed by atoms with Gasteiger partial charge in [0.05, 0.1) is 6.61 Å². The number of ether oxygens (including phenoxy) is 1. The standard InChI is InChI=1S/C14H15BrFNO3/c1-3-5-17(9-13(18)20-4-2)14(19)10-6-11(15)8-12(16)7-10/h3,6-8H,1,4-5,9H2,2H3. The third kappa shape index (κ3) is 4.77. The number of amides is 1. The summed E-state index contributed by atoms with van der Waals surface area (Å²) in [6.45, 7) is 5.42. The van der Waals surface area contributed by atoms with Crippen LogP contribution in [0.15, 0.2) is 35.3 Å². The first-order valence-electron chi connectivity index (χ1n) is 5.99. The molecule has 108 valence electrons. The van der Waals surface area contributed by atoms with Crippen LogP contribution < -0.4 is 0 Å². The molecule has 0 fully saturated rings. The molecular formula is C14H15BrFNO3. The van der Waals surface area contributed by atoms with Crippen LogP contribution in [-0.4, -0.2) is 36.5 Å². The summed E-state index contributed by atoms with van der Waals surface area (Å²) in [6.07, 6.45) is 1.49. The SMILES string of the molecule is C=CCN(CC(=O)OCC)C(=O)c1cc(F)cc(Br)c1. The van der Waals surface area contributed by atoms with E-state index in [1.54, 1.807) is 6.92 Å². The summed E-state index contributed by atoms with van der Waals surface area (Å²) < 4.78 is 18.6. The number of hydrogen-bond donors (Lipinski definition) is 0. The van der Waals surface area contributed by atoms with E-state index in [2.05, 4.69) is 22.5 Å². The maximum absolute atomic E-state index is 13.3. The molecule has 6 heteroatoms. The van der Waals surface area contributed by atoms with E-state index >= 15 is 0 Å². The number of nitrogens with zero attached hydrogens (tertiary/aromatic N) is 1. The second kappa shape index (κ2) is 7.79. The summed E-state index contributed by atoms with van der Waals surface area (Å²) in [5.74, 6) is -1.51. The molecule has 0 aromatic heterocycles. The molecule has 0 aliphatic heterocycles. The lowest BCUT2D eigenvalue weighted by atomic mass is 10.2. The Morgan fingerprint density at radius 2 is 2.15 bits per heavy atom. The predicted molar refractivity (Wildman–Crippen MR) is 76.8 cm³/mol. The monoisotopic (exact) mass is 343 g/mol. The lowest BCUT2D eigenvalue weighted by Crippen LogP contribution is -2.36. The average Bonchev–Trinajstić information content (AvgIpc) is 2.36. The zero-order valence-electron chi connectivity index (χ0n) is 11.1. The zero-order valence-corrected chi connectivity index (χ0v) is 12.7. The topological polar surface area (TPSA) is 46.6 Å². The van der Waals surface area contributed by atoms with Crippen molar-refractivity contribution in [2.45, 2.75) is 6.92 Å². The molecule has 0 aliphatic rings. The summed E-state index contributed by atoms with van der Waals surface area (Å²) in [6, 6.07) is 3.86. The zero-order chi connectivity index (χ0) is 15.1. The van der Waals surface area contributed by atoms with Crippen molar-refractivity contribution in [2.75, 3.05) is 19.7 Å². The minimum Gasteiger partial charge on any atom is -0.465 e. The van der Waals surface area contributed by atoms with Crippen LogP contribution in [-0.2, 0) is 9.53 Å². The van der Waals surface area contributed by atoms with Crippen LogP contribution in [0.25, 0.3) is 0 Å². The van der Waals surface area contributed by atoms with Gasteiger partial charge >= 0.3 is 5.97 Å². The molecule has 0 saturated carbocycles. The maximum atomic E-state index is 13.3. The van der Waals surface area contributed by atoms with Gasteiger partial charge < -0.3 is 9.64 Å². The summed E-state index contributed by atoms with van der Waals surface area (Å²) in [5.41, 5.74) is 0.156. The number of rotatable bonds is 6. The smallest absolute Gasteiger partial charge is 0.325 e. The Morgan fingerprint density at radius 3 is 2.70 bits per heavy atom. The Kier molecular flexibility index (Phi) is 6.38. The van der Waals surface area contributed by atoms with Crippen molar-refractivity contribution in [3.8, 4) is 0 Å². The van der Waals surface area contributed by atoms with Crippen molar-refractivity contribution in [1.29, 1.82) is 0 Å². The minimum atomic E-state index is -0.530. The average molecular weight is 344 g/mol. The minimum absolute atomic E-state index is 0.156. The molecule has 0 radical (unpaired) electrons. The van der Waals surface area contributed by atoms with E-state index < -0.39 is 17.7 Å². The Labute approximate surface area is 125 Å². The van der Waals surface area contributed by atoms with Gasteiger partial charge in [-0.3, -0.25) is 9.59 Å². The fourth-order valence-electron chi connectivity index (χ4n) is 1.60. The first-order chi connectivity index (χ1) is 9.47. The molecule has 1 amide bonds. The van der Waals surface area contributed by atoms with Crippen molar-refractivity contribution >= 4 is 27.8 Å². The van der Waals surface area contributed by atoms with Gasteiger partial charge in [-0.15, -0.1) is 6.58 Å². The summed E-state index contributed by atoms with van der Waals surface area (Å²) in [5, 5.41) is 0. The second-order valence-electron chi connectivity index (χ2n) is 3.94. The van der Waals surface area contributed by atoms with Crippen LogP contribution in [0.4, 0.5) is 4.39 Å². The van der Waals surface area contributed by atoms with Crippen molar-refractivity contribution in [3.05, 3.63) is 46.7 Å². The van der Waals surface area contributed by atoms with Crippen LogP contribution in [0.2, 0.25) is 0 Å². The Balaban J connectivity index is 2.92. The summed E-state index contributed by atoms with van der Waals surface area (Å²) in [7, 11) is 0. The molecule has 0 spiro atoms. The highest BCUT2D eigenvalue weighted by atomic mass is 79.9. The number of halogens is 2. The summed E-state index contributed by atoms with van der Waals surface area (Å²) in [4.78, 5) is 25.0. The quantitative estimate of drug-likeness (QED) is 0.589. The van der Waals surface area contributed by atoms with Crippen molar-refractivity contribution < 1.29 is 18.7 Å². The second-order valence-corrected chi connectivity index (χ2v) is 4.85. The number of benzene rings is 1. The molecule has 20 heavy (non-hydrogen) atoms. The van der Waals surface area contributed by atoms with E-state index in [0.29, 0.717) is 4.47 Å². The van der Waals surface area contributed by atoms with Gasteiger partial charge in [0, 0.05) is 16.6 Å². The van der Waals surface area contributed by atoms with E-state index in [0.717, 1.165) is 6.07 Å². The third-order valence-corrected chi connectivity index (χ3v) is 2.83. The highest BCUT2D eigenvalue weighted by Gasteiger charge is 2.19. The number of carbonyl (C=O) groups is 2. The summed E-state index contributed by atoms with van der Waals surface area (Å²) >= 11 is 3.12. The van der Waals surface area contributed by atoms with E-state index in [9.17, 15) is 14.0 Å². The first-order valence-corrected chi connectivity index (χ1v) is 6.79. The van der Waals surface area contributed by atoms with Gasteiger partial charge in [-0.05, 0) is 25.1 Å². The Hall–Kier alpha value is -1.69. The van der Waals surface area contributed by atoms with Gasteiger partial charge in [0.1, 0.15) is 12.4 Å². The molecule has 0 saturated heterocycles. The van der Waals surface area contributed by atoms with Crippen LogP contribution in [0.3, 0.4) is 0 Å². The number of esters is 1. The molecule has 0 aliphatic carbocycles. The van der Waals surface area contributed by atoms with Crippen molar-refractivity contribution in [2.24, 2.45) is 0 Å². The van der Waals surface area contributed by atoms with Crippen LogP contribution >= 0.6 is 15.9 Å². The fraction of sp³-hybridized carbons (Fsp3) is 0.286. The molecular weight excluding hydrogens is 329 g/mol. The van der Waals surface area contributed by atoms with Gasteiger partial charge in [0.15, 0.2) is 0 Å². The number of hydrogen-bond acceptors (Lipinski definition) is 3. The van der Waals surface area contributed by atoms with Gasteiger partial charge in [-0.2, -0.15) is 0 Å². The predicted octanol–water partition coefficient (Wildman–Crippen LogP) is 2.78. The molecule has 0 unspecified atom stereocenters. The van der Waals surface area contributed by atoms with E-state index in [-0.39, 0.29) is 25.3 Å². The highest BCUT2D eigenvalue weighted by molar-refractivity contribution is 9.10. The molecule has 0 heterocycles. The highest BCUT2D eigenvalue weighted by Crippen LogP contribution is 2.16. The molecule has 1 aromatic rings. The van der Waals surface area contributed by atoms with Gasteiger partial charge in [-0.1, -0.05) is 22.0 Å². The molecule has 0 atom stereocenters. The van der Waals surface area contributed by atoms with E-state index in [1.165, 1.54) is 23.1 Å². The van der Waals surface area contributed by atoms with Crippen molar-refractivity contribution in [3.63, 3.8) is 0 Å². The molecule has 4 nitrogen and oxygen atoms in total. The molecule has 0 N–H and O–H groups in total. The van der Waals surface area contributed by atoms with Gasteiger partial charge in [-0.25, -0.2) is 4.39 Å². The lowest BCUT2D eigenvalue weighted by Gasteiger charge is -2.20. The normalized spacial score (nSPS) is 9.95. The maximum Gasteiger partial charge on any atom is 0.325 e. The lowest BCUT2D eigenvalue weighted by molar-refractivity contribution is -0.143. The van der Waals surface area contributed by atoms with Gasteiger partial charge in [0.2, 0.25) is 0 Å². The number of carbonyl (C=O) groups excluding carboxylic acids is 2. The van der Waals surface area contributed by atoms with Gasteiger partial charge in [0.25, 0.3) is 5.91 Å². The van der Waals surface area contributed by atoms with Crippen molar-refractivity contribution in [1.82, 2.24) is 4.90 Å². The van der Waals surface area contributed by atoms with E-state index in [4.69, 9.17) is 4.74 Å². The van der Waals surface area contributed by atoms with Crippen LogP contribution in [0.1, 0.15) is 17.3 Å². The third-order valence-electron chi connectivity index (χ3n) is 2.37. The Morgan fingerprint density at radius 1 is 1.45 bits per heavy atom. The fourth-order valence-corrected chi connectivity index (χ4v) is 2.06. The first kappa shape index (κ1) is 16.4. The largest absolute Gasteiger partial charge is 0.465 e. The Bertz CT molecular complexity index is 499. The molecule has 1 aromatic carbocycles.